The Morgan fingerprint density at radius 1 is 1.33 bits per heavy atom. The maximum Gasteiger partial charge on any atom is 0.193 e. The van der Waals surface area contributed by atoms with Crippen LogP contribution in [0.25, 0.3) is 6.08 Å². The Kier molecular flexibility index (Phi) is 5.47. The number of carbonyl (C=O) groups is 1. The van der Waals surface area contributed by atoms with E-state index in [9.17, 15) is 15.0 Å². The average molecular weight is 328 g/mol. The van der Waals surface area contributed by atoms with Crippen LogP contribution in [0.4, 0.5) is 0 Å². The van der Waals surface area contributed by atoms with Gasteiger partial charge in [-0.3, -0.25) is 4.79 Å². The molecular weight excluding hydrogens is 308 g/mol. The summed E-state index contributed by atoms with van der Waals surface area (Å²) >= 11 is 0. The molecule has 0 spiro atoms. The third-order valence-corrected chi connectivity index (χ3v) is 3.47. The smallest absolute Gasteiger partial charge is 0.193 e. The summed E-state index contributed by atoms with van der Waals surface area (Å²) in [5.74, 6) is -0.212. The van der Waals surface area contributed by atoms with Crippen molar-refractivity contribution < 1.29 is 24.2 Å². The molecule has 0 unspecified atom stereocenters. The van der Waals surface area contributed by atoms with E-state index in [2.05, 4.69) is 0 Å². The van der Waals surface area contributed by atoms with Crippen molar-refractivity contribution in [2.24, 2.45) is 0 Å². The van der Waals surface area contributed by atoms with E-state index in [4.69, 9.17) is 9.15 Å². The number of ketones is 1. The number of allylic oxidation sites excluding steroid dienone is 3. The van der Waals surface area contributed by atoms with Crippen molar-refractivity contribution in [3.8, 4) is 17.2 Å². The molecule has 24 heavy (non-hydrogen) atoms. The van der Waals surface area contributed by atoms with E-state index >= 15 is 0 Å². The second-order valence-electron chi connectivity index (χ2n) is 5.50. The van der Waals surface area contributed by atoms with Crippen LogP contribution in [0.2, 0.25) is 0 Å². The van der Waals surface area contributed by atoms with Crippen LogP contribution in [0.15, 0.2) is 46.6 Å². The van der Waals surface area contributed by atoms with E-state index in [1.54, 1.807) is 12.1 Å². The van der Waals surface area contributed by atoms with Gasteiger partial charge in [-0.25, -0.2) is 0 Å². The van der Waals surface area contributed by atoms with Gasteiger partial charge in [-0.05, 0) is 44.6 Å². The number of phenolic OH excluding ortho intramolecular Hbond substituents is 2. The Hall–Kier alpha value is -2.95. The Labute approximate surface area is 140 Å². The monoisotopic (exact) mass is 328 g/mol. The molecule has 0 amide bonds. The molecule has 0 bridgehead atoms. The van der Waals surface area contributed by atoms with E-state index in [0.29, 0.717) is 12.2 Å². The Bertz CT molecular complexity index is 779. The normalized spacial score (nSPS) is 10.8. The highest BCUT2D eigenvalue weighted by atomic mass is 16.5. The van der Waals surface area contributed by atoms with Crippen molar-refractivity contribution in [3.05, 3.63) is 59.1 Å². The molecule has 1 aromatic heterocycles. The number of furan rings is 1. The van der Waals surface area contributed by atoms with E-state index in [-0.39, 0.29) is 28.4 Å². The lowest BCUT2D eigenvalue weighted by Gasteiger charge is -2.13. The van der Waals surface area contributed by atoms with Crippen LogP contribution in [0.1, 0.15) is 35.5 Å². The number of ether oxygens (including phenoxy) is 1. The lowest BCUT2D eigenvalue weighted by atomic mass is 9.99. The minimum Gasteiger partial charge on any atom is -0.507 e. The first-order valence-electron chi connectivity index (χ1n) is 7.45. The van der Waals surface area contributed by atoms with Gasteiger partial charge >= 0.3 is 0 Å². The summed E-state index contributed by atoms with van der Waals surface area (Å²) in [7, 11) is 1.37. The maximum atomic E-state index is 12.5. The largest absolute Gasteiger partial charge is 0.507 e. The minimum atomic E-state index is -0.445. The fourth-order valence-corrected chi connectivity index (χ4v) is 2.21. The van der Waals surface area contributed by atoms with E-state index in [1.165, 1.54) is 31.6 Å². The number of rotatable bonds is 6. The summed E-state index contributed by atoms with van der Waals surface area (Å²) in [5, 5.41) is 20.6. The van der Waals surface area contributed by atoms with Crippen molar-refractivity contribution in [1.29, 1.82) is 0 Å². The summed E-state index contributed by atoms with van der Waals surface area (Å²) < 4.78 is 10.3. The van der Waals surface area contributed by atoms with E-state index in [0.717, 1.165) is 5.57 Å². The van der Waals surface area contributed by atoms with Crippen LogP contribution in [0, 0.1) is 0 Å². The zero-order chi connectivity index (χ0) is 17.7. The molecule has 0 radical (unpaired) electrons. The number of benzene rings is 1. The number of carbonyl (C=O) groups excluding carboxylic acids is 1. The van der Waals surface area contributed by atoms with Crippen molar-refractivity contribution in [1.82, 2.24) is 0 Å². The highest BCUT2D eigenvalue weighted by Gasteiger charge is 2.21. The molecule has 2 rings (SSSR count). The van der Waals surface area contributed by atoms with Gasteiger partial charge in [0.25, 0.3) is 0 Å². The molecule has 2 aromatic rings. The summed E-state index contributed by atoms with van der Waals surface area (Å²) in [6, 6.07) is 4.75. The zero-order valence-electron chi connectivity index (χ0n) is 13.9. The van der Waals surface area contributed by atoms with Crippen molar-refractivity contribution >= 4 is 11.9 Å². The summed E-state index contributed by atoms with van der Waals surface area (Å²) in [4.78, 5) is 12.5. The van der Waals surface area contributed by atoms with Gasteiger partial charge in [0.1, 0.15) is 28.6 Å². The SMILES string of the molecule is COc1cc(O)c(CC=C(C)C)c(O)c1C(=O)/C=C/c1ccco1. The molecule has 5 heteroatoms. The average Bonchev–Trinajstić information content (AvgIpc) is 3.04. The molecule has 0 saturated heterocycles. The molecule has 0 aliphatic heterocycles. The van der Waals surface area contributed by atoms with Gasteiger partial charge in [-0.2, -0.15) is 0 Å². The minimum absolute atomic E-state index is 0.00950. The summed E-state index contributed by atoms with van der Waals surface area (Å²) in [5.41, 5.74) is 1.33. The van der Waals surface area contributed by atoms with Crippen molar-refractivity contribution in [2.75, 3.05) is 7.11 Å². The highest BCUT2D eigenvalue weighted by Crippen LogP contribution is 2.39. The molecule has 1 heterocycles. The van der Waals surface area contributed by atoms with Crippen molar-refractivity contribution in [3.63, 3.8) is 0 Å². The fraction of sp³-hybridized carbons (Fsp3) is 0.211. The molecule has 5 nitrogen and oxygen atoms in total. The highest BCUT2D eigenvalue weighted by molar-refractivity contribution is 6.10. The summed E-state index contributed by atoms with van der Waals surface area (Å²) in [6.45, 7) is 3.82. The summed E-state index contributed by atoms with van der Waals surface area (Å²) in [6.07, 6.45) is 6.46. The number of hydrogen-bond donors (Lipinski definition) is 2. The van der Waals surface area contributed by atoms with Gasteiger partial charge in [-0.1, -0.05) is 11.6 Å². The lowest BCUT2D eigenvalue weighted by Crippen LogP contribution is -2.02. The molecule has 126 valence electrons. The van der Waals surface area contributed by atoms with Crippen LogP contribution in [-0.4, -0.2) is 23.1 Å². The molecule has 0 saturated carbocycles. The van der Waals surface area contributed by atoms with Crippen LogP contribution in [-0.2, 0) is 6.42 Å². The molecule has 2 N–H and O–H groups in total. The fourth-order valence-electron chi connectivity index (χ4n) is 2.21. The molecule has 0 fully saturated rings. The maximum absolute atomic E-state index is 12.5. The molecule has 1 aromatic carbocycles. The second-order valence-corrected chi connectivity index (χ2v) is 5.50. The van der Waals surface area contributed by atoms with Gasteiger partial charge in [0.15, 0.2) is 5.78 Å². The lowest BCUT2D eigenvalue weighted by molar-refractivity contribution is 0.104. The van der Waals surface area contributed by atoms with Gasteiger partial charge in [0.2, 0.25) is 0 Å². The molecule has 0 aliphatic rings. The Balaban J connectivity index is 2.45. The first kappa shape index (κ1) is 17.4. The van der Waals surface area contributed by atoms with Crippen LogP contribution in [0.5, 0.6) is 17.2 Å². The standard InChI is InChI=1S/C19H20O5/c1-12(2)6-8-14-16(21)11-17(23-3)18(19(14)22)15(20)9-7-13-5-4-10-24-13/h4-7,9-11,21-22H,8H2,1-3H3/b9-7+. The van der Waals surface area contributed by atoms with Crippen molar-refractivity contribution in [2.45, 2.75) is 20.3 Å². The van der Waals surface area contributed by atoms with Crippen LogP contribution < -0.4 is 4.74 Å². The van der Waals surface area contributed by atoms with E-state index < -0.39 is 5.78 Å². The predicted molar refractivity (Wildman–Crippen MR) is 91.5 cm³/mol. The van der Waals surface area contributed by atoms with Gasteiger partial charge in [-0.15, -0.1) is 0 Å². The molecular formula is C19H20O5. The second kappa shape index (κ2) is 7.55. The molecule has 0 atom stereocenters. The first-order chi connectivity index (χ1) is 11.4. The topological polar surface area (TPSA) is 79.9 Å². The van der Waals surface area contributed by atoms with Crippen LogP contribution in [0.3, 0.4) is 0 Å². The Morgan fingerprint density at radius 3 is 2.67 bits per heavy atom. The predicted octanol–water partition coefficient (Wildman–Crippen LogP) is 4.10. The molecule has 0 aliphatic carbocycles. The third-order valence-electron chi connectivity index (χ3n) is 3.47. The van der Waals surface area contributed by atoms with Gasteiger partial charge < -0.3 is 19.4 Å². The van der Waals surface area contributed by atoms with E-state index in [1.807, 2.05) is 19.9 Å². The quantitative estimate of drug-likeness (QED) is 0.474. The Morgan fingerprint density at radius 2 is 2.08 bits per heavy atom. The zero-order valence-corrected chi connectivity index (χ0v) is 13.9. The third kappa shape index (κ3) is 3.87. The van der Waals surface area contributed by atoms with Crippen LogP contribution >= 0.6 is 0 Å². The number of methoxy groups -OCH3 is 1. The van der Waals surface area contributed by atoms with Gasteiger partial charge in [0, 0.05) is 11.6 Å². The van der Waals surface area contributed by atoms with Gasteiger partial charge in [0.05, 0.1) is 13.4 Å². The first-order valence-corrected chi connectivity index (χ1v) is 7.45. The number of phenols is 2. The number of aromatic hydroxyl groups is 2. The number of hydrogen-bond acceptors (Lipinski definition) is 5.